The van der Waals surface area contributed by atoms with Gasteiger partial charge in [0, 0.05) is 38.4 Å². The van der Waals surface area contributed by atoms with E-state index in [9.17, 15) is 0 Å². The molecule has 0 atom stereocenters. The quantitative estimate of drug-likeness (QED) is 0.814. The molecule has 0 spiro atoms. The average Bonchev–Trinajstić information content (AvgIpc) is 2.36. The van der Waals surface area contributed by atoms with Gasteiger partial charge in [-0.2, -0.15) is 0 Å². The van der Waals surface area contributed by atoms with Crippen LogP contribution in [0, 0.1) is 6.92 Å². The molecule has 0 amide bonds. The minimum Gasteiger partial charge on any atom is -0.492 e. The number of nitrogens with two attached hydrogens (primary N) is 1. The molecule has 4 heteroatoms. The minimum absolute atomic E-state index is 0.743. The Morgan fingerprint density at radius 1 is 1.22 bits per heavy atom. The van der Waals surface area contributed by atoms with Gasteiger partial charge in [0.05, 0.1) is 0 Å². The molecule has 0 radical (unpaired) electrons. The zero-order valence-electron chi connectivity index (χ0n) is 11.4. The summed E-state index contributed by atoms with van der Waals surface area (Å²) in [4.78, 5) is 4.81. The predicted molar refractivity (Wildman–Crippen MR) is 75.0 cm³/mol. The summed E-state index contributed by atoms with van der Waals surface area (Å²) in [5, 5.41) is 0. The largest absolute Gasteiger partial charge is 0.492 e. The lowest BCUT2D eigenvalue weighted by Gasteiger charge is -2.32. The lowest BCUT2D eigenvalue weighted by Crippen LogP contribution is -2.45. The molecule has 4 nitrogen and oxygen atoms in total. The first-order valence-corrected chi connectivity index (χ1v) is 6.55. The molecule has 1 aromatic carbocycles. The van der Waals surface area contributed by atoms with Crippen LogP contribution >= 0.6 is 0 Å². The van der Waals surface area contributed by atoms with Crippen molar-refractivity contribution in [2.24, 2.45) is 0 Å². The SMILES string of the molecule is Cc1cc(OCCN2CCN(C)CC2)ccc1N. The smallest absolute Gasteiger partial charge is 0.119 e. The number of benzene rings is 1. The van der Waals surface area contributed by atoms with Crippen molar-refractivity contribution in [3.8, 4) is 5.75 Å². The van der Waals surface area contributed by atoms with Crippen LogP contribution < -0.4 is 10.5 Å². The van der Waals surface area contributed by atoms with E-state index in [1.807, 2.05) is 25.1 Å². The minimum atomic E-state index is 0.743. The summed E-state index contributed by atoms with van der Waals surface area (Å²) in [5.41, 5.74) is 7.68. The topological polar surface area (TPSA) is 41.7 Å². The molecule has 0 saturated carbocycles. The van der Waals surface area contributed by atoms with Gasteiger partial charge in [-0.15, -0.1) is 0 Å². The second-order valence-electron chi connectivity index (χ2n) is 5.01. The maximum atomic E-state index is 5.78. The van der Waals surface area contributed by atoms with Crippen LogP contribution in [0.2, 0.25) is 0 Å². The number of hydrogen-bond acceptors (Lipinski definition) is 4. The van der Waals surface area contributed by atoms with Gasteiger partial charge < -0.3 is 15.4 Å². The molecular formula is C14H23N3O. The standard InChI is InChI=1S/C14H23N3O/c1-12-11-13(3-4-14(12)15)18-10-9-17-7-5-16(2)6-8-17/h3-4,11H,5-10,15H2,1-2H3. The van der Waals surface area contributed by atoms with E-state index in [4.69, 9.17) is 10.5 Å². The number of anilines is 1. The molecule has 2 N–H and O–H groups in total. The number of aryl methyl sites for hydroxylation is 1. The van der Waals surface area contributed by atoms with E-state index in [1.165, 1.54) is 0 Å². The predicted octanol–water partition coefficient (Wildman–Crippen LogP) is 1.20. The Kier molecular flexibility index (Phi) is 4.44. The van der Waals surface area contributed by atoms with Crippen molar-refractivity contribution in [3.63, 3.8) is 0 Å². The normalized spacial score (nSPS) is 17.9. The fourth-order valence-corrected chi connectivity index (χ4v) is 2.10. The van der Waals surface area contributed by atoms with Crippen LogP contribution in [0.5, 0.6) is 5.75 Å². The highest BCUT2D eigenvalue weighted by Crippen LogP contribution is 2.18. The first-order chi connectivity index (χ1) is 8.65. The lowest BCUT2D eigenvalue weighted by molar-refractivity contribution is 0.133. The van der Waals surface area contributed by atoms with Crippen LogP contribution in [0.15, 0.2) is 18.2 Å². The molecule has 1 aliphatic rings. The van der Waals surface area contributed by atoms with Crippen molar-refractivity contribution in [1.29, 1.82) is 0 Å². The number of rotatable bonds is 4. The summed E-state index contributed by atoms with van der Waals surface area (Å²) in [6.45, 7) is 8.33. The number of piperazine rings is 1. The van der Waals surface area contributed by atoms with E-state index in [-0.39, 0.29) is 0 Å². The Morgan fingerprint density at radius 2 is 1.94 bits per heavy atom. The molecule has 100 valence electrons. The van der Waals surface area contributed by atoms with Crippen molar-refractivity contribution in [2.45, 2.75) is 6.92 Å². The van der Waals surface area contributed by atoms with E-state index in [1.54, 1.807) is 0 Å². The third kappa shape index (κ3) is 3.62. The van der Waals surface area contributed by atoms with Gasteiger partial charge in [-0.3, -0.25) is 4.90 Å². The van der Waals surface area contributed by atoms with Gasteiger partial charge in [-0.1, -0.05) is 0 Å². The molecule has 1 fully saturated rings. The molecule has 0 aromatic heterocycles. The average molecular weight is 249 g/mol. The van der Waals surface area contributed by atoms with Gasteiger partial charge in [-0.25, -0.2) is 0 Å². The number of hydrogen-bond donors (Lipinski definition) is 1. The van der Waals surface area contributed by atoms with Crippen molar-refractivity contribution in [1.82, 2.24) is 9.80 Å². The van der Waals surface area contributed by atoms with Gasteiger partial charge >= 0.3 is 0 Å². The Morgan fingerprint density at radius 3 is 2.61 bits per heavy atom. The van der Waals surface area contributed by atoms with Crippen LogP contribution in [-0.2, 0) is 0 Å². The van der Waals surface area contributed by atoms with Gasteiger partial charge in [-0.05, 0) is 37.7 Å². The summed E-state index contributed by atoms with van der Waals surface area (Å²) in [5.74, 6) is 0.913. The highest BCUT2D eigenvalue weighted by molar-refractivity contribution is 5.49. The zero-order chi connectivity index (χ0) is 13.0. The monoisotopic (exact) mass is 249 g/mol. The maximum Gasteiger partial charge on any atom is 0.119 e. The molecule has 1 saturated heterocycles. The van der Waals surface area contributed by atoms with E-state index in [0.717, 1.165) is 56.3 Å². The summed E-state index contributed by atoms with van der Waals surface area (Å²) < 4.78 is 5.76. The molecule has 1 aliphatic heterocycles. The Hall–Kier alpha value is -1.26. The first-order valence-electron chi connectivity index (χ1n) is 6.55. The Labute approximate surface area is 109 Å². The molecule has 18 heavy (non-hydrogen) atoms. The zero-order valence-corrected chi connectivity index (χ0v) is 11.4. The lowest BCUT2D eigenvalue weighted by atomic mass is 10.2. The molecular weight excluding hydrogens is 226 g/mol. The van der Waals surface area contributed by atoms with E-state index >= 15 is 0 Å². The molecule has 0 bridgehead atoms. The number of nitrogen functional groups attached to an aromatic ring is 1. The maximum absolute atomic E-state index is 5.78. The highest BCUT2D eigenvalue weighted by Gasteiger charge is 2.13. The van der Waals surface area contributed by atoms with Crippen LogP contribution in [-0.4, -0.2) is 56.2 Å². The van der Waals surface area contributed by atoms with E-state index in [2.05, 4.69) is 16.8 Å². The summed E-state index contributed by atoms with van der Waals surface area (Å²) >= 11 is 0. The molecule has 1 heterocycles. The third-order valence-corrected chi connectivity index (χ3v) is 3.51. The number of ether oxygens (including phenoxy) is 1. The van der Waals surface area contributed by atoms with Crippen molar-refractivity contribution >= 4 is 5.69 Å². The van der Waals surface area contributed by atoms with Crippen LogP contribution in [0.4, 0.5) is 5.69 Å². The van der Waals surface area contributed by atoms with Gasteiger partial charge in [0.2, 0.25) is 0 Å². The second-order valence-corrected chi connectivity index (χ2v) is 5.01. The summed E-state index contributed by atoms with van der Waals surface area (Å²) in [7, 11) is 2.17. The molecule has 1 aromatic rings. The Balaban J connectivity index is 1.73. The van der Waals surface area contributed by atoms with E-state index < -0.39 is 0 Å². The van der Waals surface area contributed by atoms with Crippen molar-refractivity contribution < 1.29 is 4.74 Å². The molecule has 0 unspecified atom stereocenters. The van der Waals surface area contributed by atoms with Crippen molar-refractivity contribution in [2.75, 3.05) is 52.1 Å². The summed E-state index contributed by atoms with van der Waals surface area (Å²) in [6, 6.07) is 5.84. The van der Waals surface area contributed by atoms with Gasteiger partial charge in [0.25, 0.3) is 0 Å². The number of nitrogens with zero attached hydrogens (tertiary/aromatic N) is 2. The second kappa shape index (κ2) is 6.07. The number of likely N-dealkylation sites (N-methyl/N-ethyl adjacent to an activating group) is 1. The highest BCUT2D eigenvalue weighted by atomic mass is 16.5. The Bertz CT molecular complexity index is 387. The van der Waals surface area contributed by atoms with Crippen LogP contribution in [0.1, 0.15) is 5.56 Å². The van der Waals surface area contributed by atoms with Gasteiger partial charge in [0.1, 0.15) is 12.4 Å². The van der Waals surface area contributed by atoms with Crippen LogP contribution in [0.25, 0.3) is 0 Å². The molecule has 0 aliphatic carbocycles. The fraction of sp³-hybridized carbons (Fsp3) is 0.571. The summed E-state index contributed by atoms with van der Waals surface area (Å²) in [6.07, 6.45) is 0. The van der Waals surface area contributed by atoms with Crippen LogP contribution in [0.3, 0.4) is 0 Å². The third-order valence-electron chi connectivity index (χ3n) is 3.51. The molecule has 2 rings (SSSR count). The fourth-order valence-electron chi connectivity index (χ4n) is 2.10. The van der Waals surface area contributed by atoms with E-state index in [0.29, 0.717) is 0 Å². The van der Waals surface area contributed by atoms with Gasteiger partial charge in [0.15, 0.2) is 0 Å². The first kappa shape index (κ1) is 13.2. The van der Waals surface area contributed by atoms with Crippen molar-refractivity contribution in [3.05, 3.63) is 23.8 Å².